The summed E-state index contributed by atoms with van der Waals surface area (Å²) < 4.78 is 1.30. The third kappa shape index (κ3) is 3.70. The number of hydrogen-bond donors (Lipinski definition) is 0. The van der Waals surface area contributed by atoms with E-state index in [1.54, 1.807) is 0 Å². The van der Waals surface area contributed by atoms with Crippen molar-refractivity contribution >= 4 is 22.6 Å². The molecule has 0 N–H and O–H groups in total. The smallest absolute Gasteiger partial charge is 0.000209 e. The summed E-state index contributed by atoms with van der Waals surface area (Å²) in [4.78, 5) is 0. The van der Waals surface area contributed by atoms with Crippen molar-refractivity contribution in [1.29, 1.82) is 0 Å². The highest BCUT2D eigenvalue weighted by molar-refractivity contribution is 14.1. The Kier molecular flexibility index (Phi) is 5.01. The molecular formula is C7H15I. The molecule has 0 rings (SSSR count). The number of alkyl halides is 1. The van der Waals surface area contributed by atoms with E-state index < -0.39 is 0 Å². The third-order valence-electron chi connectivity index (χ3n) is 1.70. The van der Waals surface area contributed by atoms with E-state index in [9.17, 15) is 0 Å². The topological polar surface area (TPSA) is 0 Å². The summed E-state index contributed by atoms with van der Waals surface area (Å²) in [7, 11) is 0. The van der Waals surface area contributed by atoms with Gasteiger partial charge in [0.2, 0.25) is 0 Å². The highest BCUT2D eigenvalue weighted by atomic mass is 127. The van der Waals surface area contributed by atoms with Crippen LogP contribution in [-0.2, 0) is 0 Å². The third-order valence-corrected chi connectivity index (χ3v) is 2.33. The van der Waals surface area contributed by atoms with E-state index >= 15 is 0 Å². The van der Waals surface area contributed by atoms with Crippen LogP contribution in [0.25, 0.3) is 0 Å². The van der Waals surface area contributed by atoms with Crippen LogP contribution in [0, 0.1) is 11.8 Å². The molecule has 50 valence electrons. The molecule has 0 amide bonds. The van der Waals surface area contributed by atoms with Gasteiger partial charge >= 0.3 is 0 Å². The molecule has 8 heavy (non-hydrogen) atoms. The first-order valence-corrected chi connectivity index (χ1v) is 4.77. The second-order valence-corrected chi connectivity index (χ2v) is 3.78. The van der Waals surface area contributed by atoms with Gasteiger partial charge in [-0.15, -0.1) is 0 Å². The highest BCUT2D eigenvalue weighted by Gasteiger charge is 2.03. The van der Waals surface area contributed by atoms with Crippen molar-refractivity contribution in [2.75, 3.05) is 4.43 Å². The summed E-state index contributed by atoms with van der Waals surface area (Å²) in [6, 6.07) is 0. The summed E-state index contributed by atoms with van der Waals surface area (Å²) in [6.07, 6.45) is 1.37. The predicted octanol–water partition coefficient (Wildman–Crippen LogP) is 3.10. The Balaban J connectivity index is 3.17. The van der Waals surface area contributed by atoms with Gasteiger partial charge < -0.3 is 0 Å². The maximum atomic E-state index is 2.44. The van der Waals surface area contributed by atoms with Crippen LogP contribution in [0.15, 0.2) is 0 Å². The van der Waals surface area contributed by atoms with Gasteiger partial charge in [0.1, 0.15) is 0 Å². The molecule has 0 heterocycles. The molecule has 0 aromatic carbocycles. The molecule has 0 aliphatic carbocycles. The molecule has 0 saturated carbocycles. The minimum Gasteiger partial charge on any atom is -0.0864 e. The average Bonchev–Trinajstić information content (AvgIpc) is 1.67. The van der Waals surface area contributed by atoms with Gasteiger partial charge in [0, 0.05) is 0 Å². The number of rotatable bonds is 3. The Morgan fingerprint density at radius 3 is 1.88 bits per heavy atom. The van der Waals surface area contributed by atoms with Crippen LogP contribution in [-0.4, -0.2) is 4.43 Å². The van der Waals surface area contributed by atoms with Crippen molar-refractivity contribution < 1.29 is 0 Å². The Hall–Kier alpha value is 0.730. The Morgan fingerprint density at radius 2 is 1.75 bits per heavy atom. The van der Waals surface area contributed by atoms with Crippen LogP contribution in [0.2, 0.25) is 0 Å². The maximum absolute atomic E-state index is 2.44. The van der Waals surface area contributed by atoms with Crippen LogP contribution in [0.1, 0.15) is 27.2 Å². The summed E-state index contributed by atoms with van der Waals surface area (Å²) in [5.41, 5.74) is 0. The van der Waals surface area contributed by atoms with Gasteiger partial charge in [0.25, 0.3) is 0 Å². The first-order valence-electron chi connectivity index (χ1n) is 3.24. The molecule has 0 aliphatic heterocycles. The lowest BCUT2D eigenvalue weighted by Gasteiger charge is -2.12. The number of halogens is 1. The first-order chi connectivity index (χ1) is 3.68. The van der Waals surface area contributed by atoms with Gasteiger partial charge in [-0.25, -0.2) is 0 Å². The van der Waals surface area contributed by atoms with Gasteiger partial charge in [-0.2, -0.15) is 0 Å². The lowest BCUT2D eigenvalue weighted by atomic mass is 9.96. The predicted molar refractivity (Wildman–Crippen MR) is 47.5 cm³/mol. The summed E-state index contributed by atoms with van der Waals surface area (Å²) in [6.45, 7) is 6.90. The van der Waals surface area contributed by atoms with Crippen molar-refractivity contribution in [3.8, 4) is 0 Å². The van der Waals surface area contributed by atoms with Crippen LogP contribution in [0.4, 0.5) is 0 Å². The SMILES string of the molecule is CC(C)C(C)CCI. The van der Waals surface area contributed by atoms with E-state index in [1.807, 2.05) is 0 Å². The molecule has 0 aromatic rings. The standard InChI is InChI=1S/C7H15I/c1-6(2)7(3)4-5-8/h6-7H,4-5H2,1-3H3. The molecule has 0 aromatic heterocycles. The molecule has 0 radical (unpaired) electrons. The molecule has 0 bridgehead atoms. The van der Waals surface area contributed by atoms with Crippen molar-refractivity contribution in [3.63, 3.8) is 0 Å². The van der Waals surface area contributed by atoms with Gasteiger partial charge in [0.15, 0.2) is 0 Å². The van der Waals surface area contributed by atoms with Crippen LogP contribution < -0.4 is 0 Å². The number of hydrogen-bond acceptors (Lipinski definition) is 0. The quantitative estimate of drug-likeness (QED) is 0.512. The van der Waals surface area contributed by atoms with E-state index in [2.05, 4.69) is 43.4 Å². The first kappa shape index (κ1) is 8.73. The molecule has 0 saturated heterocycles. The fourth-order valence-corrected chi connectivity index (χ4v) is 1.49. The maximum Gasteiger partial charge on any atom is -0.000209 e. The zero-order valence-electron chi connectivity index (χ0n) is 5.95. The lowest BCUT2D eigenvalue weighted by molar-refractivity contribution is 0.412. The van der Waals surface area contributed by atoms with E-state index in [1.165, 1.54) is 10.8 Å². The summed E-state index contributed by atoms with van der Waals surface area (Å²) in [5.74, 6) is 1.77. The monoisotopic (exact) mass is 226 g/mol. The zero-order valence-corrected chi connectivity index (χ0v) is 8.10. The van der Waals surface area contributed by atoms with Crippen molar-refractivity contribution in [3.05, 3.63) is 0 Å². The van der Waals surface area contributed by atoms with Gasteiger partial charge in [-0.05, 0) is 22.7 Å². The lowest BCUT2D eigenvalue weighted by Crippen LogP contribution is -2.03. The molecule has 1 heteroatoms. The summed E-state index contributed by atoms with van der Waals surface area (Å²) in [5, 5.41) is 0. The molecular weight excluding hydrogens is 211 g/mol. The van der Waals surface area contributed by atoms with Crippen molar-refractivity contribution in [2.45, 2.75) is 27.2 Å². The minimum absolute atomic E-state index is 0.866. The van der Waals surface area contributed by atoms with E-state index in [0.717, 1.165) is 11.8 Å². The zero-order chi connectivity index (χ0) is 6.57. The van der Waals surface area contributed by atoms with Crippen molar-refractivity contribution in [1.82, 2.24) is 0 Å². The molecule has 0 nitrogen and oxygen atoms in total. The Morgan fingerprint density at radius 1 is 1.25 bits per heavy atom. The fraction of sp³-hybridized carbons (Fsp3) is 1.00. The largest absolute Gasteiger partial charge is 0.0864 e. The fourth-order valence-electron chi connectivity index (χ4n) is 0.505. The van der Waals surface area contributed by atoms with E-state index in [0.29, 0.717) is 0 Å². The van der Waals surface area contributed by atoms with Gasteiger partial charge in [-0.3, -0.25) is 0 Å². The minimum atomic E-state index is 0.866. The van der Waals surface area contributed by atoms with Gasteiger partial charge in [0.05, 0.1) is 0 Å². The average molecular weight is 226 g/mol. The Bertz CT molecular complexity index is 50.3. The van der Waals surface area contributed by atoms with E-state index in [4.69, 9.17) is 0 Å². The molecule has 0 fully saturated rings. The molecule has 1 atom stereocenters. The van der Waals surface area contributed by atoms with Crippen LogP contribution in [0.3, 0.4) is 0 Å². The molecule has 1 unspecified atom stereocenters. The normalized spacial score (nSPS) is 14.6. The highest BCUT2D eigenvalue weighted by Crippen LogP contribution is 2.14. The second kappa shape index (κ2) is 4.59. The van der Waals surface area contributed by atoms with Crippen molar-refractivity contribution in [2.24, 2.45) is 11.8 Å². The van der Waals surface area contributed by atoms with Gasteiger partial charge in [-0.1, -0.05) is 43.4 Å². The Labute approximate surface area is 66.2 Å². The van der Waals surface area contributed by atoms with Crippen LogP contribution >= 0.6 is 22.6 Å². The molecule has 0 aliphatic rings. The second-order valence-electron chi connectivity index (χ2n) is 2.70. The van der Waals surface area contributed by atoms with E-state index in [-0.39, 0.29) is 0 Å². The molecule has 0 spiro atoms. The summed E-state index contributed by atoms with van der Waals surface area (Å²) >= 11 is 2.44. The van der Waals surface area contributed by atoms with Crippen LogP contribution in [0.5, 0.6) is 0 Å².